The standard InChI is InChI=1S/C7H5BrN2/c8-6-3-5-1-2-9-7(5)10-4-6/h1-4H,(H,9,10)/i1D,2D,3D,4D. The zero-order valence-electron chi connectivity index (χ0n) is 8.83. The quantitative estimate of drug-likeness (QED) is 0.696. The Hall–Kier alpha value is -0.830. The van der Waals surface area contributed by atoms with E-state index in [-0.39, 0.29) is 39.9 Å². The van der Waals surface area contributed by atoms with Crippen LogP contribution in [0, 0.1) is 0 Å². The number of pyridine rings is 1. The van der Waals surface area contributed by atoms with E-state index >= 15 is 0 Å². The van der Waals surface area contributed by atoms with Crippen molar-refractivity contribution in [3.8, 4) is 0 Å². The Labute approximate surface area is 72.0 Å². The lowest BCUT2D eigenvalue weighted by atomic mass is 10.3. The minimum atomic E-state index is -0.0847. The number of hydrogen-bond acceptors (Lipinski definition) is 1. The number of H-pyrrole nitrogens is 1. The molecule has 2 nitrogen and oxygen atoms in total. The molecule has 50 valence electrons. The molecular formula is C7H5BrN2. The summed E-state index contributed by atoms with van der Waals surface area (Å²) in [5.74, 6) is 0. The lowest BCUT2D eigenvalue weighted by Crippen LogP contribution is -1.73. The van der Waals surface area contributed by atoms with Crippen LogP contribution in [0.5, 0.6) is 0 Å². The van der Waals surface area contributed by atoms with E-state index in [2.05, 4.69) is 25.9 Å². The normalized spacial score (nSPS) is 16.1. The van der Waals surface area contributed by atoms with Gasteiger partial charge in [-0.25, -0.2) is 4.98 Å². The first-order valence-electron chi connectivity index (χ1n) is 4.64. The van der Waals surface area contributed by atoms with Gasteiger partial charge in [-0.1, -0.05) is 0 Å². The molecule has 0 aliphatic carbocycles. The van der Waals surface area contributed by atoms with E-state index < -0.39 is 0 Å². The predicted molar refractivity (Wildman–Crippen MR) is 43.8 cm³/mol. The molecule has 0 bridgehead atoms. The number of aromatic amines is 1. The first-order chi connectivity index (χ1) is 6.52. The third-order valence-corrected chi connectivity index (χ3v) is 1.48. The second kappa shape index (κ2) is 2.09. The highest BCUT2D eigenvalue weighted by Gasteiger charge is 1.93. The maximum Gasteiger partial charge on any atom is 0.137 e. The highest BCUT2D eigenvalue weighted by Crippen LogP contribution is 2.14. The third-order valence-electron chi connectivity index (χ3n) is 1.11. The molecule has 2 aromatic heterocycles. The molecule has 0 unspecified atom stereocenters. The highest BCUT2D eigenvalue weighted by atomic mass is 79.9. The third kappa shape index (κ3) is 0.827. The van der Waals surface area contributed by atoms with Crippen LogP contribution in [-0.4, -0.2) is 9.97 Å². The van der Waals surface area contributed by atoms with E-state index in [0.717, 1.165) is 0 Å². The van der Waals surface area contributed by atoms with Crippen molar-refractivity contribution in [1.82, 2.24) is 9.97 Å². The Morgan fingerprint density at radius 1 is 1.70 bits per heavy atom. The minimum Gasteiger partial charge on any atom is -0.346 e. The van der Waals surface area contributed by atoms with Crippen molar-refractivity contribution in [3.63, 3.8) is 0 Å². The van der Waals surface area contributed by atoms with Crippen molar-refractivity contribution in [2.24, 2.45) is 0 Å². The van der Waals surface area contributed by atoms with Crippen molar-refractivity contribution in [2.75, 3.05) is 0 Å². The summed E-state index contributed by atoms with van der Waals surface area (Å²) >= 11 is 3.05. The van der Waals surface area contributed by atoms with E-state index in [1.165, 1.54) is 0 Å². The molecule has 0 saturated carbocycles. The van der Waals surface area contributed by atoms with E-state index in [1.54, 1.807) is 0 Å². The largest absolute Gasteiger partial charge is 0.346 e. The van der Waals surface area contributed by atoms with Gasteiger partial charge < -0.3 is 4.98 Å². The number of halogens is 1. The monoisotopic (exact) mass is 200 g/mol. The molecule has 2 rings (SSSR count). The molecular weight excluding hydrogens is 192 g/mol. The molecule has 10 heavy (non-hydrogen) atoms. The van der Waals surface area contributed by atoms with Gasteiger partial charge in [-0.2, -0.15) is 0 Å². The van der Waals surface area contributed by atoms with Gasteiger partial charge >= 0.3 is 0 Å². The van der Waals surface area contributed by atoms with Gasteiger partial charge in [0.15, 0.2) is 0 Å². The van der Waals surface area contributed by atoms with Crippen LogP contribution >= 0.6 is 15.9 Å². The number of hydrogen-bond donors (Lipinski definition) is 1. The lowest BCUT2D eigenvalue weighted by Gasteiger charge is -1.88. The first-order valence-corrected chi connectivity index (χ1v) is 3.43. The Bertz CT molecular complexity index is 522. The Morgan fingerprint density at radius 3 is 3.50 bits per heavy atom. The SMILES string of the molecule is [2H]c1nc2[nH]c([2H])c([2H])c2c([2H])c1Br. The van der Waals surface area contributed by atoms with E-state index in [1.807, 2.05) is 0 Å². The molecule has 2 aromatic rings. The van der Waals surface area contributed by atoms with Gasteiger partial charge in [0.2, 0.25) is 0 Å². The van der Waals surface area contributed by atoms with Crippen LogP contribution < -0.4 is 0 Å². The Kier molecular flexibility index (Phi) is 0.638. The smallest absolute Gasteiger partial charge is 0.137 e. The molecule has 0 spiro atoms. The van der Waals surface area contributed by atoms with Crippen LogP contribution in [-0.2, 0) is 0 Å². The Morgan fingerprint density at radius 2 is 2.60 bits per heavy atom. The van der Waals surface area contributed by atoms with Gasteiger partial charge in [0.05, 0.1) is 5.48 Å². The van der Waals surface area contributed by atoms with Crippen molar-refractivity contribution in [1.29, 1.82) is 0 Å². The van der Waals surface area contributed by atoms with Gasteiger partial charge in [-0.3, -0.25) is 0 Å². The molecule has 0 amide bonds. The molecule has 0 radical (unpaired) electrons. The maximum atomic E-state index is 7.65. The van der Waals surface area contributed by atoms with Crippen molar-refractivity contribution in [2.45, 2.75) is 0 Å². The van der Waals surface area contributed by atoms with Crippen molar-refractivity contribution < 1.29 is 5.48 Å². The summed E-state index contributed by atoms with van der Waals surface area (Å²) in [6.45, 7) is 0. The molecule has 0 atom stereocenters. The van der Waals surface area contributed by atoms with E-state index in [0.29, 0.717) is 0 Å². The van der Waals surface area contributed by atoms with Crippen molar-refractivity contribution in [3.05, 3.63) is 28.9 Å². The highest BCUT2D eigenvalue weighted by molar-refractivity contribution is 9.10. The number of nitrogens with one attached hydrogen (secondary N) is 1. The van der Waals surface area contributed by atoms with Crippen LogP contribution in [0.2, 0.25) is 0 Å². The molecule has 0 aliphatic heterocycles. The summed E-state index contributed by atoms with van der Waals surface area (Å²) in [4.78, 5) is 6.36. The summed E-state index contributed by atoms with van der Waals surface area (Å²) in [5.41, 5.74) is 0.248. The second-order valence-electron chi connectivity index (χ2n) is 1.76. The average molecular weight is 201 g/mol. The second-order valence-corrected chi connectivity index (χ2v) is 2.55. The Balaban J connectivity index is 2.99. The van der Waals surface area contributed by atoms with Gasteiger partial charge in [-0.15, -0.1) is 0 Å². The molecule has 0 saturated heterocycles. The fourth-order valence-corrected chi connectivity index (χ4v) is 0.979. The summed E-state index contributed by atoms with van der Waals surface area (Å²) in [5, 5.41) is 0.276. The zero-order valence-corrected chi connectivity index (χ0v) is 6.41. The predicted octanol–water partition coefficient (Wildman–Crippen LogP) is 2.33. The summed E-state index contributed by atoms with van der Waals surface area (Å²) < 4.78 is 30.2. The van der Waals surface area contributed by atoms with Crippen LogP contribution in [0.25, 0.3) is 11.0 Å². The van der Waals surface area contributed by atoms with Crippen LogP contribution in [0.15, 0.2) is 28.9 Å². The number of rotatable bonds is 0. The van der Waals surface area contributed by atoms with E-state index in [4.69, 9.17) is 5.48 Å². The van der Waals surface area contributed by atoms with Gasteiger partial charge in [0, 0.05) is 22.2 Å². The number of aromatic nitrogens is 2. The molecule has 0 aliphatic rings. The van der Waals surface area contributed by atoms with Crippen LogP contribution in [0.1, 0.15) is 5.48 Å². The molecule has 1 N–H and O–H groups in total. The van der Waals surface area contributed by atoms with Gasteiger partial charge in [0.25, 0.3) is 0 Å². The maximum absolute atomic E-state index is 7.65. The number of nitrogens with zero attached hydrogens (tertiary/aromatic N) is 1. The first kappa shape index (κ1) is 3.05. The number of fused-ring (bicyclic) bond motifs is 1. The molecule has 3 heteroatoms. The molecule has 2 heterocycles. The van der Waals surface area contributed by atoms with Crippen LogP contribution in [0.4, 0.5) is 0 Å². The summed E-state index contributed by atoms with van der Waals surface area (Å²) in [6.07, 6.45) is -0.151. The minimum absolute atomic E-state index is 0.0275. The summed E-state index contributed by atoms with van der Waals surface area (Å²) in [6, 6.07) is -0.0297. The molecule has 0 fully saturated rings. The van der Waals surface area contributed by atoms with E-state index in [9.17, 15) is 0 Å². The fourth-order valence-electron chi connectivity index (χ4n) is 0.692. The molecule has 0 aromatic carbocycles. The van der Waals surface area contributed by atoms with Gasteiger partial charge in [0.1, 0.15) is 5.65 Å². The lowest BCUT2D eigenvalue weighted by molar-refractivity contribution is 1.31. The zero-order chi connectivity index (χ0) is 10.5. The van der Waals surface area contributed by atoms with Crippen LogP contribution in [0.3, 0.4) is 0 Å². The average Bonchev–Trinajstić information content (AvgIpc) is 2.39. The van der Waals surface area contributed by atoms with Gasteiger partial charge in [-0.05, 0) is 28.0 Å². The van der Waals surface area contributed by atoms with Crippen molar-refractivity contribution >= 4 is 27.0 Å². The summed E-state index contributed by atoms with van der Waals surface area (Å²) in [7, 11) is 0. The fraction of sp³-hybridized carbons (Fsp3) is 0. The topological polar surface area (TPSA) is 28.7 Å².